The maximum atomic E-state index is 10.8. The fraction of sp³-hybridized carbons (Fsp3) is 0.632. The summed E-state index contributed by atoms with van der Waals surface area (Å²) in [6.45, 7) is 8.50. The lowest BCUT2D eigenvalue weighted by molar-refractivity contribution is 0.472. The quantitative estimate of drug-likeness (QED) is 0.0785. The van der Waals surface area contributed by atoms with E-state index in [9.17, 15) is 10.2 Å². The maximum Gasteiger partial charge on any atom is 0.124 e. The number of phenols is 2. The molecule has 2 N–H and O–H groups in total. The van der Waals surface area contributed by atoms with Crippen molar-refractivity contribution in [3.05, 3.63) is 58.7 Å². The lowest BCUT2D eigenvalue weighted by atomic mass is 10.00. The van der Waals surface area contributed by atoms with Crippen LogP contribution in [0.15, 0.2) is 46.6 Å². The zero-order chi connectivity index (χ0) is 30.4. The summed E-state index contributed by atoms with van der Waals surface area (Å²) < 4.78 is 0. The number of phenolic OH excluding ortho intramolecular Hbond substituents is 2. The van der Waals surface area contributed by atoms with Crippen LogP contribution in [-0.4, -0.2) is 21.6 Å². The minimum absolute atomic E-state index is 0.263. The first-order valence-corrected chi connectivity index (χ1v) is 17.2. The maximum absolute atomic E-state index is 10.8. The Balaban J connectivity index is 2.12. The Kier molecular flexibility index (Phi) is 18.6. The van der Waals surface area contributed by atoms with E-state index in [2.05, 4.69) is 13.8 Å². The van der Waals surface area contributed by atoms with Gasteiger partial charge in [-0.25, -0.2) is 0 Å². The van der Waals surface area contributed by atoms with E-state index < -0.39 is 0 Å². The first kappa shape index (κ1) is 35.6. The van der Waals surface area contributed by atoms with Crippen molar-refractivity contribution in [3.63, 3.8) is 0 Å². The average molecular weight is 577 g/mol. The van der Waals surface area contributed by atoms with Crippen LogP contribution in [0.25, 0.3) is 0 Å². The largest absolute Gasteiger partial charge is 0.507 e. The van der Waals surface area contributed by atoms with E-state index in [4.69, 9.17) is 10.2 Å². The van der Waals surface area contributed by atoms with Crippen LogP contribution in [0.3, 0.4) is 0 Å². The normalized spacial score (nSPS) is 12.3. The van der Waals surface area contributed by atoms with Gasteiger partial charge in [0.15, 0.2) is 0 Å². The molecule has 2 aromatic carbocycles. The lowest BCUT2D eigenvalue weighted by Crippen LogP contribution is -2.05. The fourth-order valence-corrected chi connectivity index (χ4v) is 5.58. The van der Waals surface area contributed by atoms with Crippen molar-refractivity contribution in [1.82, 2.24) is 0 Å². The highest BCUT2D eigenvalue weighted by atomic mass is 16.3. The first-order chi connectivity index (χ1) is 20.5. The third-order valence-corrected chi connectivity index (χ3v) is 8.25. The molecule has 0 aromatic heterocycles. The van der Waals surface area contributed by atoms with E-state index in [0.717, 1.165) is 72.2 Å². The molecule has 0 fully saturated rings. The topological polar surface area (TPSA) is 65.2 Å². The Bertz CT molecular complexity index is 987. The van der Waals surface area contributed by atoms with E-state index in [1.807, 2.05) is 38.1 Å². The summed E-state index contributed by atoms with van der Waals surface area (Å²) >= 11 is 0. The van der Waals surface area contributed by atoms with Gasteiger partial charge in [0.25, 0.3) is 0 Å². The molecule has 0 saturated carbocycles. The van der Waals surface area contributed by atoms with Gasteiger partial charge >= 0.3 is 0 Å². The zero-order valence-electron chi connectivity index (χ0n) is 27.4. The summed E-state index contributed by atoms with van der Waals surface area (Å²) in [6, 6.07) is 11.6. The summed E-state index contributed by atoms with van der Waals surface area (Å²) in [5, 5.41) is 31.1. The van der Waals surface area contributed by atoms with E-state index in [0.29, 0.717) is 0 Å². The first-order valence-electron chi connectivity index (χ1n) is 17.2. The molecule has 2 rings (SSSR count). The molecule has 234 valence electrons. The third-order valence-electron chi connectivity index (χ3n) is 8.25. The van der Waals surface area contributed by atoms with Gasteiger partial charge in [-0.1, -0.05) is 129 Å². The van der Waals surface area contributed by atoms with E-state index >= 15 is 0 Å². The van der Waals surface area contributed by atoms with Gasteiger partial charge in [-0.05, 0) is 74.9 Å². The van der Waals surface area contributed by atoms with Gasteiger partial charge in [-0.15, -0.1) is 0 Å². The highest BCUT2D eigenvalue weighted by Gasteiger charge is 2.13. The van der Waals surface area contributed by atoms with E-state index in [1.165, 1.54) is 89.9 Å². The molecule has 0 radical (unpaired) electrons. The summed E-state index contributed by atoms with van der Waals surface area (Å²) in [5.41, 5.74) is 5.23. The predicted octanol–water partition coefficient (Wildman–Crippen LogP) is 11.7. The summed E-state index contributed by atoms with van der Waals surface area (Å²) in [7, 11) is 0. The minimum atomic E-state index is 0.263. The molecule has 2 aromatic rings. The SMILES string of the molecule is CCCCCCCCCCC/C(=N\N=C(/CCCCCCCCCCC)c1ccc(C)cc1O)c1ccc(C)cc1O. The molecule has 4 heteroatoms. The lowest BCUT2D eigenvalue weighted by Gasteiger charge is -2.11. The number of aryl methyl sites for hydroxylation is 2. The summed E-state index contributed by atoms with van der Waals surface area (Å²) in [6.07, 6.45) is 24.3. The van der Waals surface area contributed by atoms with Crippen LogP contribution >= 0.6 is 0 Å². The molecule has 0 heterocycles. The van der Waals surface area contributed by atoms with Gasteiger partial charge in [0, 0.05) is 11.1 Å². The smallest absolute Gasteiger partial charge is 0.124 e. The molecule has 4 nitrogen and oxygen atoms in total. The molecule has 0 spiro atoms. The number of benzene rings is 2. The van der Waals surface area contributed by atoms with Crippen molar-refractivity contribution in [2.24, 2.45) is 10.2 Å². The number of hydrogen-bond acceptors (Lipinski definition) is 4. The molecule has 0 bridgehead atoms. The summed E-state index contributed by atoms with van der Waals surface area (Å²) in [4.78, 5) is 0. The third kappa shape index (κ3) is 14.5. The highest BCUT2D eigenvalue weighted by Crippen LogP contribution is 2.25. The van der Waals surface area contributed by atoms with Crippen LogP contribution < -0.4 is 0 Å². The van der Waals surface area contributed by atoms with Gasteiger partial charge in [-0.3, -0.25) is 0 Å². The second-order valence-electron chi connectivity index (χ2n) is 12.3. The monoisotopic (exact) mass is 576 g/mol. The van der Waals surface area contributed by atoms with Crippen LogP contribution in [0, 0.1) is 13.8 Å². The molecule has 42 heavy (non-hydrogen) atoms. The Morgan fingerprint density at radius 1 is 0.476 bits per heavy atom. The van der Waals surface area contributed by atoms with Crippen LogP contribution in [-0.2, 0) is 0 Å². The molecule has 0 aliphatic carbocycles. The Labute approximate surface area is 257 Å². The van der Waals surface area contributed by atoms with Crippen molar-refractivity contribution in [2.75, 3.05) is 0 Å². The van der Waals surface area contributed by atoms with Gasteiger partial charge in [0.2, 0.25) is 0 Å². The average Bonchev–Trinajstić information content (AvgIpc) is 2.96. The zero-order valence-corrected chi connectivity index (χ0v) is 27.4. The number of nitrogens with zero attached hydrogens (tertiary/aromatic N) is 2. The van der Waals surface area contributed by atoms with E-state index in [-0.39, 0.29) is 11.5 Å². The molecule has 0 aliphatic rings. The fourth-order valence-electron chi connectivity index (χ4n) is 5.58. The molecular weight excluding hydrogens is 516 g/mol. The van der Waals surface area contributed by atoms with E-state index in [1.54, 1.807) is 12.1 Å². The van der Waals surface area contributed by atoms with Crippen LogP contribution in [0.2, 0.25) is 0 Å². The molecule has 0 unspecified atom stereocenters. The van der Waals surface area contributed by atoms with Crippen molar-refractivity contribution < 1.29 is 10.2 Å². The van der Waals surface area contributed by atoms with Gasteiger partial charge < -0.3 is 10.2 Å². The highest BCUT2D eigenvalue weighted by molar-refractivity contribution is 6.05. The number of rotatable bonds is 23. The van der Waals surface area contributed by atoms with Crippen molar-refractivity contribution >= 4 is 11.4 Å². The number of hydrogen-bond donors (Lipinski definition) is 2. The predicted molar refractivity (Wildman–Crippen MR) is 182 cm³/mol. The standard InChI is InChI=1S/C38H60N2O2/c1-5-7-9-11-13-15-17-19-21-23-35(33-27-25-31(3)29-37(33)41)39-40-36(34-28-26-32(4)30-38(34)42)24-22-20-18-16-14-12-10-8-6-2/h25-30,41-42H,5-24H2,1-4H3/b39-35+,40-36+. The van der Waals surface area contributed by atoms with Gasteiger partial charge in [0.05, 0.1) is 11.4 Å². The van der Waals surface area contributed by atoms with Crippen molar-refractivity contribution in [3.8, 4) is 11.5 Å². The molecular formula is C38H60N2O2. The Hall–Kier alpha value is -2.62. The second-order valence-corrected chi connectivity index (χ2v) is 12.3. The number of aromatic hydroxyl groups is 2. The molecule has 0 saturated heterocycles. The molecule has 0 amide bonds. The van der Waals surface area contributed by atoms with Gasteiger partial charge in [-0.2, -0.15) is 10.2 Å². The van der Waals surface area contributed by atoms with Crippen molar-refractivity contribution in [2.45, 2.75) is 156 Å². The second kappa shape index (κ2) is 22.0. The Morgan fingerprint density at radius 3 is 1.10 bits per heavy atom. The minimum Gasteiger partial charge on any atom is -0.507 e. The Morgan fingerprint density at radius 2 is 0.786 bits per heavy atom. The van der Waals surface area contributed by atoms with Crippen LogP contribution in [0.5, 0.6) is 11.5 Å². The van der Waals surface area contributed by atoms with Crippen molar-refractivity contribution in [1.29, 1.82) is 0 Å². The van der Waals surface area contributed by atoms with Crippen LogP contribution in [0.4, 0.5) is 0 Å². The molecule has 0 aliphatic heterocycles. The molecule has 0 atom stereocenters. The van der Waals surface area contributed by atoms with Gasteiger partial charge in [0.1, 0.15) is 11.5 Å². The van der Waals surface area contributed by atoms with Crippen LogP contribution in [0.1, 0.15) is 165 Å². The summed E-state index contributed by atoms with van der Waals surface area (Å²) in [5.74, 6) is 0.525. The number of unbranched alkanes of at least 4 members (excludes halogenated alkanes) is 16.